The van der Waals surface area contributed by atoms with Crippen LogP contribution in [0.4, 0.5) is 0 Å². The number of ether oxygens (including phenoxy) is 2. The molecule has 0 saturated heterocycles. The molecule has 0 aromatic heterocycles. The summed E-state index contributed by atoms with van der Waals surface area (Å²) in [4.78, 5) is 23.8. The number of fused-ring (bicyclic) bond motifs is 2. The minimum Gasteiger partial charge on any atom is -0.474 e. The van der Waals surface area contributed by atoms with Crippen molar-refractivity contribution < 1.29 is 19.1 Å². The molecule has 2 aliphatic rings. The number of benzene rings is 1. The van der Waals surface area contributed by atoms with E-state index in [1.807, 2.05) is 0 Å². The molecule has 1 saturated carbocycles. The Bertz CT molecular complexity index is 539. The second-order valence-corrected chi connectivity index (χ2v) is 5.16. The molecule has 1 aliphatic carbocycles. The number of halogens is 1. The van der Waals surface area contributed by atoms with Gasteiger partial charge in [0.1, 0.15) is 5.75 Å². The largest absolute Gasteiger partial charge is 0.474 e. The molecule has 1 aromatic carbocycles. The first-order valence-corrected chi connectivity index (χ1v) is 5.99. The fourth-order valence-corrected chi connectivity index (χ4v) is 2.63. The van der Waals surface area contributed by atoms with Gasteiger partial charge in [0.05, 0.1) is 18.6 Å². The van der Waals surface area contributed by atoms with Crippen LogP contribution in [0.2, 0.25) is 0 Å². The van der Waals surface area contributed by atoms with Crippen LogP contribution in [0.5, 0.6) is 5.75 Å². The maximum absolute atomic E-state index is 12.1. The standard InChI is InChI=1S/C12H9BrO4/c1-16-11(15)12-5-8(12)10(14)7-4-6(13)2-3-9(7)17-12/h2-4,8H,5H2,1H3. The molecule has 1 aliphatic heterocycles. The van der Waals surface area contributed by atoms with Crippen molar-refractivity contribution in [3.05, 3.63) is 28.2 Å². The summed E-state index contributed by atoms with van der Waals surface area (Å²) in [6.07, 6.45) is 0.408. The number of carbonyl (C=O) groups excluding carboxylic acids is 2. The van der Waals surface area contributed by atoms with Gasteiger partial charge in [0.2, 0.25) is 5.60 Å². The van der Waals surface area contributed by atoms with Gasteiger partial charge in [-0.3, -0.25) is 4.79 Å². The highest BCUT2D eigenvalue weighted by Gasteiger charge is 2.70. The third-order valence-corrected chi connectivity index (χ3v) is 3.75. The van der Waals surface area contributed by atoms with Crippen LogP contribution >= 0.6 is 15.9 Å². The van der Waals surface area contributed by atoms with E-state index in [9.17, 15) is 9.59 Å². The molecular formula is C12H9BrO4. The molecule has 0 radical (unpaired) electrons. The third-order valence-electron chi connectivity index (χ3n) is 3.26. The summed E-state index contributed by atoms with van der Waals surface area (Å²) in [5.74, 6) is -0.448. The monoisotopic (exact) mass is 296 g/mol. The van der Waals surface area contributed by atoms with Crippen molar-refractivity contribution in [2.45, 2.75) is 12.0 Å². The van der Waals surface area contributed by atoms with Crippen molar-refractivity contribution in [2.75, 3.05) is 7.11 Å². The highest BCUT2D eigenvalue weighted by atomic mass is 79.9. The summed E-state index contributed by atoms with van der Waals surface area (Å²) < 4.78 is 11.2. The molecule has 88 valence electrons. The minimum atomic E-state index is -1.06. The summed E-state index contributed by atoms with van der Waals surface area (Å²) in [5, 5.41) is 0. The summed E-state index contributed by atoms with van der Waals surface area (Å²) in [5.41, 5.74) is -0.534. The van der Waals surface area contributed by atoms with Gasteiger partial charge < -0.3 is 9.47 Å². The molecule has 1 fully saturated rings. The molecule has 0 N–H and O–H groups in total. The van der Waals surface area contributed by atoms with Gasteiger partial charge in [-0.1, -0.05) is 15.9 Å². The van der Waals surface area contributed by atoms with E-state index in [1.165, 1.54) is 7.11 Å². The Morgan fingerprint density at radius 2 is 2.35 bits per heavy atom. The van der Waals surface area contributed by atoms with Gasteiger partial charge >= 0.3 is 5.97 Å². The number of carbonyl (C=O) groups is 2. The van der Waals surface area contributed by atoms with Crippen molar-refractivity contribution in [3.8, 4) is 5.75 Å². The summed E-state index contributed by atoms with van der Waals surface area (Å²) in [6, 6.07) is 5.19. The summed E-state index contributed by atoms with van der Waals surface area (Å²) in [6.45, 7) is 0. The van der Waals surface area contributed by atoms with Crippen molar-refractivity contribution in [1.29, 1.82) is 0 Å². The summed E-state index contributed by atoms with van der Waals surface area (Å²) in [7, 11) is 1.30. The molecule has 4 nitrogen and oxygen atoms in total. The quantitative estimate of drug-likeness (QED) is 0.744. The number of methoxy groups -OCH3 is 1. The molecule has 17 heavy (non-hydrogen) atoms. The third kappa shape index (κ3) is 1.35. The maximum Gasteiger partial charge on any atom is 0.351 e. The number of rotatable bonds is 1. The van der Waals surface area contributed by atoms with Crippen molar-refractivity contribution in [1.82, 2.24) is 0 Å². The molecule has 2 atom stereocenters. The Hall–Kier alpha value is -1.36. The van der Waals surface area contributed by atoms with Crippen LogP contribution in [0.25, 0.3) is 0 Å². The van der Waals surface area contributed by atoms with Crippen molar-refractivity contribution in [2.24, 2.45) is 5.92 Å². The average molecular weight is 297 g/mol. The van der Waals surface area contributed by atoms with E-state index in [1.54, 1.807) is 18.2 Å². The number of esters is 1. The van der Waals surface area contributed by atoms with Crippen LogP contribution in [-0.4, -0.2) is 24.5 Å². The lowest BCUT2D eigenvalue weighted by Crippen LogP contribution is -2.38. The lowest BCUT2D eigenvalue weighted by Gasteiger charge is -2.23. The smallest absolute Gasteiger partial charge is 0.351 e. The van der Waals surface area contributed by atoms with E-state index in [-0.39, 0.29) is 5.78 Å². The molecule has 0 bridgehead atoms. The SMILES string of the molecule is COC(=O)C12CC1C(=O)c1cc(Br)ccc1O2. The van der Waals surface area contributed by atoms with Crippen molar-refractivity contribution >= 4 is 27.7 Å². The Balaban J connectivity index is 2.06. The minimum absolute atomic E-state index is 0.0436. The predicted octanol–water partition coefficient (Wildman–Crippen LogP) is 1.96. The van der Waals surface area contributed by atoms with Gasteiger partial charge in [-0.05, 0) is 18.2 Å². The Morgan fingerprint density at radius 3 is 3.06 bits per heavy atom. The molecular weight excluding hydrogens is 288 g/mol. The van der Waals surface area contributed by atoms with Crippen LogP contribution in [0.1, 0.15) is 16.8 Å². The maximum atomic E-state index is 12.1. The van der Waals surface area contributed by atoms with Crippen LogP contribution in [0.15, 0.2) is 22.7 Å². The highest BCUT2D eigenvalue weighted by molar-refractivity contribution is 9.10. The Labute approximate surface area is 106 Å². The fraction of sp³-hybridized carbons (Fsp3) is 0.333. The number of hydrogen-bond acceptors (Lipinski definition) is 4. The van der Waals surface area contributed by atoms with E-state index in [0.29, 0.717) is 17.7 Å². The predicted molar refractivity (Wildman–Crippen MR) is 62.0 cm³/mol. The fourth-order valence-electron chi connectivity index (χ4n) is 2.27. The zero-order chi connectivity index (χ0) is 12.2. The number of ketones is 1. The first-order valence-electron chi connectivity index (χ1n) is 5.20. The average Bonchev–Trinajstić information content (AvgIpc) is 3.06. The van der Waals surface area contributed by atoms with Crippen LogP contribution in [0.3, 0.4) is 0 Å². The van der Waals surface area contributed by atoms with Crippen molar-refractivity contribution in [3.63, 3.8) is 0 Å². The molecule has 2 unspecified atom stereocenters. The Kier molecular flexibility index (Phi) is 2.10. The first-order chi connectivity index (χ1) is 8.08. The van der Waals surface area contributed by atoms with E-state index in [4.69, 9.17) is 9.47 Å². The van der Waals surface area contributed by atoms with Crippen LogP contribution < -0.4 is 4.74 Å². The zero-order valence-electron chi connectivity index (χ0n) is 9.03. The van der Waals surface area contributed by atoms with Crippen LogP contribution in [0, 0.1) is 5.92 Å². The van der Waals surface area contributed by atoms with Gasteiger partial charge in [-0.25, -0.2) is 4.79 Å². The molecule has 0 spiro atoms. The van der Waals surface area contributed by atoms with E-state index >= 15 is 0 Å². The van der Waals surface area contributed by atoms with Gasteiger partial charge in [-0.15, -0.1) is 0 Å². The van der Waals surface area contributed by atoms with Gasteiger partial charge in [0.15, 0.2) is 5.78 Å². The second-order valence-electron chi connectivity index (χ2n) is 4.24. The van der Waals surface area contributed by atoms with E-state index < -0.39 is 17.5 Å². The molecule has 0 amide bonds. The van der Waals surface area contributed by atoms with Gasteiger partial charge in [0, 0.05) is 10.9 Å². The highest BCUT2D eigenvalue weighted by Crippen LogP contribution is 2.54. The number of hydrogen-bond donors (Lipinski definition) is 0. The summed E-state index contributed by atoms with van der Waals surface area (Å²) >= 11 is 3.31. The van der Waals surface area contributed by atoms with Gasteiger partial charge in [-0.2, -0.15) is 0 Å². The van der Waals surface area contributed by atoms with Gasteiger partial charge in [0.25, 0.3) is 0 Å². The topological polar surface area (TPSA) is 52.6 Å². The Morgan fingerprint density at radius 1 is 1.59 bits per heavy atom. The lowest BCUT2D eigenvalue weighted by molar-refractivity contribution is -0.151. The van der Waals surface area contributed by atoms with E-state index in [2.05, 4.69) is 15.9 Å². The molecule has 3 rings (SSSR count). The lowest BCUT2D eigenvalue weighted by atomic mass is 10.0. The normalized spacial score (nSPS) is 28.8. The number of Topliss-reactive ketones (excluding diaryl/α,β-unsaturated/α-hetero) is 1. The zero-order valence-corrected chi connectivity index (χ0v) is 10.6. The van der Waals surface area contributed by atoms with E-state index in [0.717, 1.165) is 4.47 Å². The molecule has 5 heteroatoms. The molecule has 1 heterocycles. The van der Waals surface area contributed by atoms with Crippen LogP contribution in [-0.2, 0) is 9.53 Å². The first kappa shape index (κ1) is 10.8. The second kappa shape index (κ2) is 3.32. The molecule has 1 aromatic rings.